The normalized spacial score (nSPS) is 45.3. The number of carbonyl (C=O) groups is 2. The van der Waals surface area contributed by atoms with Crippen molar-refractivity contribution < 1.29 is 23.8 Å². The van der Waals surface area contributed by atoms with Crippen LogP contribution in [0.25, 0.3) is 0 Å². The molecule has 0 aromatic carbocycles. The van der Waals surface area contributed by atoms with Gasteiger partial charge in [-0.25, -0.2) is 0 Å². The fourth-order valence-electron chi connectivity index (χ4n) is 8.76. The molecule has 1 saturated heterocycles. The second kappa shape index (κ2) is 7.94. The second-order valence-corrected chi connectivity index (χ2v) is 11.6. The summed E-state index contributed by atoms with van der Waals surface area (Å²) in [6.07, 6.45) is 10.2. The molecular weight excluding hydrogens is 404 g/mol. The van der Waals surface area contributed by atoms with Crippen molar-refractivity contribution in [3.63, 3.8) is 0 Å². The third-order valence-electron chi connectivity index (χ3n) is 10.4. The zero-order valence-corrected chi connectivity index (χ0v) is 20.3. The van der Waals surface area contributed by atoms with Crippen LogP contribution in [0.15, 0.2) is 11.6 Å². The van der Waals surface area contributed by atoms with Crippen molar-refractivity contribution in [2.45, 2.75) is 84.8 Å². The molecule has 0 bridgehead atoms. The number of fused-ring (bicyclic) bond motifs is 5. The van der Waals surface area contributed by atoms with Crippen molar-refractivity contribution in [2.24, 2.45) is 40.4 Å². The van der Waals surface area contributed by atoms with Crippen LogP contribution in [0.5, 0.6) is 0 Å². The number of hydrogen-bond acceptors (Lipinski definition) is 5. The molecule has 5 nitrogen and oxygen atoms in total. The minimum Gasteiger partial charge on any atom is -0.465 e. The first kappa shape index (κ1) is 22.6. The number of esters is 1. The van der Waals surface area contributed by atoms with Crippen molar-refractivity contribution in [1.82, 2.24) is 0 Å². The lowest BCUT2D eigenvalue weighted by atomic mass is 9.48. The molecule has 4 aliphatic carbocycles. The summed E-state index contributed by atoms with van der Waals surface area (Å²) in [5, 5.41) is 0. The zero-order chi connectivity index (χ0) is 22.7. The molecule has 1 aliphatic heterocycles. The Hall–Kier alpha value is -1.20. The summed E-state index contributed by atoms with van der Waals surface area (Å²) in [6.45, 7) is 10.6. The Morgan fingerprint density at radius 2 is 1.84 bits per heavy atom. The molecule has 178 valence electrons. The summed E-state index contributed by atoms with van der Waals surface area (Å²) in [7, 11) is 0. The fourth-order valence-corrected chi connectivity index (χ4v) is 8.76. The van der Waals surface area contributed by atoms with Gasteiger partial charge in [0.2, 0.25) is 0 Å². The number of rotatable bonds is 3. The van der Waals surface area contributed by atoms with Crippen molar-refractivity contribution >= 4 is 11.8 Å². The smallest absolute Gasteiger partial charge is 0.316 e. The maximum atomic E-state index is 12.9. The van der Waals surface area contributed by atoms with E-state index in [1.165, 1.54) is 31.3 Å². The topological polar surface area (TPSA) is 61.8 Å². The van der Waals surface area contributed by atoms with E-state index in [1.807, 2.05) is 6.92 Å². The van der Waals surface area contributed by atoms with E-state index in [2.05, 4.69) is 26.8 Å². The molecule has 0 N–H and O–H groups in total. The highest BCUT2D eigenvalue weighted by Gasteiger charge is 2.62. The van der Waals surface area contributed by atoms with E-state index in [4.69, 9.17) is 14.2 Å². The molecule has 5 aliphatic rings. The van der Waals surface area contributed by atoms with Crippen molar-refractivity contribution in [3.05, 3.63) is 11.6 Å². The first-order valence-electron chi connectivity index (χ1n) is 12.9. The Labute approximate surface area is 192 Å². The van der Waals surface area contributed by atoms with Gasteiger partial charge in [-0.15, -0.1) is 0 Å². The van der Waals surface area contributed by atoms with E-state index in [1.54, 1.807) is 0 Å². The first-order chi connectivity index (χ1) is 15.2. The number of carbonyl (C=O) groups excluding carboxylic acids is 2. The maximum absolute atomic E-state index is 12.9. The molecule has 4 fully saturated rings. The highest BCUT2D eigenvalue weighted by Crippen LogP contribution is 2.67. The minimum atomic E-state index is -0.610. The summed E-state index contributed by atoms with van der Waals surface area (Å²) < 4.78 is 17.6. The van der Waals surface area contributed by atoms with Gasteiger partial charge in [0.25, 0.3) is 0 Å². The number of ether oxygens (including phenoxy) is 3. The van der Waals surface area contributed by atoms with Gasteiger partial charge in [-0.05, 0) is 87.4 Å². The summed E-state index contributed by atoms with van der Waals surface area (Å²) in [4.78, 5) is 25.4. The fraction of sp³-hybridized carbons (Fsp3) is 0.852. The molecule has 0 radical (unpaired) electrons. The average molecular weight is 445 g/mol. The molecule has 5 heteroatoms. The van der Waals surface area contributed by atoms with E-state index >= 15 is 0 Å². The van der Waals surface area contributed by atoms with Crippen molar-refractivity contribution in [1.29, 1.82) is 0 Å². The van der Waals surface area contributed by atoms with Crippen LogP contribution in [-0.2, 0) is 23.8 Å². The lowest BCUT2D eigenvalue weighted by Gasteiger charge is -2.57. The Morgan fingerprint density at radius 3 is 2.56 bits per heavy atom. The molecule has 0 spiro atoms. The van der Waals surface area contributed by atoms with E-state index in [9.17, 15) is 9.59 Å². The quantitative estimate of drug-likeness (QED) is 0.345. The summed E-state index contributed by atoms with van der Waals surface area (Å²) in [5.74, 6) is 1.05. The van der Waals surface area contributed by atoms with E-state index in [0.717, 1.165) is 12.8 Å². The molecule has 7 atom stereocenters. The summed E-state index contributed by atoms with van der Waals surface area (Å²) >= 11 is 0. The third kappa shape index (κ3) is 3.25. The van der Waals surface area contributed by atoms with Gasteiger partial charge < -0.3 is 14.2 Å². The van der Waals surface area contributed by atoms with Gasteiger partial charge in [-0.3, -0.25) is 9.59 Å². The largest absolute Gasteiger partial charge is 0.465 e. The Kier molecular flexibility index (Phi) is 5.60. The monoisotopic (exact) mass is 444 g/mol. The number of allylic oxidation sites excluding steroid dienone is 2. The first-order valence-corrected chi connectivity index (χ1v) is 12.9. The number of Topliss-reactive ketones (excluding diaryl/α,β-unsaturated/α-hetero) is 1. The molecule has 1 heterocycles. The van der Waals surface area contributed by atoms with Gasteiger partial charge in [0, 0.05) is 12.3 Å². The predicted molar refractivity (Wildman–Crippen MR) is 121 cm³/mol. The van der Waals surface area contributed by atoms with Gasteiger partial charge >= 0.3 is 5.97 Å². The van der Waals surface area contributed by atoms with Gasteiger partial charge in [0.1, 0.15) is 11.7 Å². The summed E-state index contributed by atoms with van der Waals surface area (Å²) in [6, 6.07) is 0. The average Bonchev–Trinajstić information content (AvgIpc) is 3.32. The van der Waals surface area contributed by atoms with Crippen LogP contribution >= 0.6 is 0 Å². The van der Waals surface area contributed by atoms with Crippen LogP contribution in [0.1, 0.15) is 79.1 Å². The number of hydrogen-bond donors (Lipinski definition) is 0. The van der Waals surface area contributed by atoms with Crippen LogP contribution in [0.2, 0.25) is 0 Å². The van der Waals surface area contributed by atoms with Gasteiger partial charge in [-0.1, -0.05) is 25.5 Å². The Balaban J connectivity index is 1.42. The van der Waals surface area contributed by atoms with Crippen LogP contribution in [0.3, 0.4) is 0 Å². The van der Waals surface area contributed by atoms with Crippen LogP contribution < -0.4 is 0 Å². The Bertz CT molecular complexity index is 811. The maximum Gasteiger partial charge on any atom is 0.316 e. The highest BCUT2D eigenvalue weighted by molar-refractivity contribution is 5.99. The van der Waals surface area contributed by atoms with Gasteiger partial charge in [0.15, 0.2) is 5.79 Å². The van der Waals surface area contributed by atoms with Crippen molar-refractivity contribution in [2.75, 3.05) is 19.8 Å². The molecule has 0 aromatic heterocycles. The van der Waals surface area contributed by atoms with Crippen LogP contribution in [-0.4, -0.2) is 37.4 Å². The third-order valence-corrected chi connectivity index (χ3v) is 10.4. The SMILES string of the molecule is CCOC(=O)C1CC2=CC[C@H]3[C@@H]4CC[C@H](C5(C)OCCO5)[C@@]4(C)CC[C@@H]3[C@@]2(C)CCC1=O. The minimum absolute atomic E-state index is 0.0174. The predicted octanol–water partition coefficient (Wildman–Crippen LogP) is 5.08. The van der Waals surface area contributed by atoms with Crippen LogP contribution in [0.4, 0.5) is 0 Å². The van der Waals surface area contributed by atoms with E-state index < -0.39 is 11.7 Å². The molecule has 0 amide bonds. The van der Waals surface area contributed by atoms with E-state index in [0.29, 0.717) is 56.3 Å². The van der Waals surface area contributed by atoms with E-state index in [-0.39, 0.29) is 22.6 Å². The molecule has 5 rings (SSSR count). The molecule has 32 heavy (non-hydrogen) atoms. The molecular formula is C27H40O5. The number of ketones is 1. The molecule has 0 aromatic rings. The zero-order valence-electron chi connectivity index (χ0n) is 20.3. The molecule has 1 unspecified atom stereocenters. The highest BCUT2D eigenvalue weighted by atomic mass is 16.7. The second-order valence-electron chi connectivity index (χ2n) is 11.6. The Morgan fingerprint density at radius 1 is 1.09 bits per heavy atom. The van der Waals surface area contributed by atoms with Crippen LogP contribution in [0, 0.1) is 40.4 Å². The summed E-state index contributed by atoms with van der Waals surface area (Å²) in [5.41, 5.74) is 1.61. The standard InChI is InChI=1S/C27H40O5/c1-5-30-24(29)19-16-17-6-7-18-20-8-9-23(27(4)31-14-15-32-27)26(20,3)12-10-21(18)25(17,2)13-11-22(19)28/h6,18-21,23H,5,7-16H2,1-4H3/t18-,19?,20-,21-,23-,25-,26-/m0/s1. The lowest BCUT2D eigenvalue weighted by Crippen LogP contribution is -2.52. The molecule has 3 saturated carbocycles. The van der Waals surface area contributed by atoms with Crippen molar-refractivity contribution in [3.8, 4) is 0 Å². The lowest BCUT2D eigenvalue weighted by molar-refractivity contribution is -0.214. The van der Waals surface area contributed by atoms with Gasteiger partial charge in [-0.2, -0.15) is 0 Å². The van der Waals surface area contributed by atoms with Gasteiger partial charge in [0.05, 0.1) is 19.8 Å².